The van der Waals surface area contributed by atoms with Crippen molar-refractivity contribution >= 4 is 5.91 Å². The quantitative estimate of drug-likeness (QED) is 0.652. The Morgan fingerprint density at radius 3 is 2.47 bits per heavy atom. The van der Waals surface area contributed by atoms with E-state index in [1.807, 2.05) is 19.0 Å². The first kappa shape index (κ1) is 14.5. The summed E-state index contributed by atoms with van der Waals surface area (Å²) in [6.07, 6.45) is 4.25. The number of carbonyl (C=O) groups is 1. The lowest BCUT2D eigenvalue weighted by molar-refractivity contribution is -0.131. The molecule has 0 saturated heterocycles. The van der Waals surface area contributed by atoms with Crippen LogP contribution in [0.25, 0.3) is 0 Å². The van der Waals surface area contributed by atoms with Gasteiger partial charge in [0.2, 0.25) is 5.91 Å². The summed E-state index contributed by atoms with van der Waals surface area (Å²) in [4.78, 5) is 16.1. The first-order chi connectivity index (χ1) is 8.13. The third-order valence-electron chi connectivity index (χ3n) is 3.01. The molecule has 1 aliphatic rings. The normalized spacial score (nSPS) is 15.3. The fourth-order valence-electron chi connectivity index (χ4n) is 1.78. The maximum atomic E-state index is 12.0. The number of likely N-dealkylation sites (N-methyl/N-ethyl adjacent to an activating group) is 1. The van der Waals surface area contributed by atoms with E-state index in [0.717, 1.165) is 32.6 Å². The van der Waals surface area contributed by atoms with Crippen molar-refractivity contribution in [2.75, 3.05) is 40.3 Å². The maximum absolute atomic E-state index is 12.0. The fourth-order valence-corrected chi connectivity index (χ4v) is 1.78. The highest BCUT2D eigenvalue weighted by molar-refractivity contribution is 5.76. The van der Waals surface area contributed by atoms with Crippen LogP contribution in [0.1, 0.15) is 32.6 Å². The highest BCUT2D eigenvalue weighted by Crippen LogP contribution is 2.18. The smallest absolute Gasteiger partial charge is 0.223 e. The summed E-state index contributed by atoms with van der Waals surface area (Å²) < 4.78 is 0. The van der Waals surface area contributed by atoms with Crippen molar-refractivity contribution in [3.63, 3.8) is 0 Å². The van der Waals surface area contributed by atoms with E-state index in [-0.39, 0.29) is 0 Å². The lowest BCUT2D eigenvalue weighted by atomic mass is 10.3. The van der Waals surface area contributed by atoms with E-state index in [9.17, 15) is 4.79 Å². The van der Waals surface area contributed by atoms with Crippen LogP contribution in [0.3, 0.4) is 0 Å². The van der Waals surface area contributed by atoms with Gasteiger partial charge in [0.1, 0.15) is 0 Å². The van der Waals surface area contributed by atoms with Crippen LogP contribution in [0.5, 0.6) is 0 Å². The lowest BCUT2D eigenvalue weighted by Crippen LogP contribution is -2.38. The minimum Gasteiger partial charge on any atom is -0.341 e. The van der Waals surface area contributed by atoms with E-state index >= 15 is 0 Å². The Morgan fingerprint density at radius 2 is 1.94 bits per heavy atom. The van der Waals surface area contributed by atoms with Crippen LogP contribution in [0.15, 0.2) is 0 Å². The summed E-state index contributed by atoms with van der Waals surface area (Å²) in [6.45, 7) is 5.64. The average Bonchev–Trinajstić information content (AvgIpc) is 3.07. The predicted molar refractivity (Wildman–Crippen MR) is 71.1 cm³/mol. The average molecular weight is 241 g/mol. The summed E-state index contributed by atoms with van der Waals surface area (Å²) in [5, 5.41) is 3.39. The van der Waals surface area contributed by atoms with E-state index in [1.165, 1.54) is 12.8 Å². The summed E-state index contributed by atoms with van der Waals surface area (Å²) in [7, 11) is 4.09. The summed E-state index contributed by atoms with van der Waals surface area (Å²) in [5.74, 6) is 0.293. The van der Waals surface area contributed by atoms with Gasteiger partial charge in [-0.2, -0.15) is 0 Å². The SMILES string of the molecule is CCCN(CCN(C)C)C(=O)CCNC1CC1. The molecular formula is C13H27N3O. The van der Waals surface area contributed by atoms with Gasteiger partial charge in [-0.05, 0) is 33.4 Å². The van der Waals surface area contributed by atoms with Crippen molar-refractivity contribution in [3.8, 4) is 0 Å². The number of hydrogen-bond donors (Lipinski definition) is 1. The minimum atomic E-state index is 0.293. The molecule has 4 nitrogen and oxygen atoms in total. The van der Waals surface area contributed by atoms with Crippen molar-refractivity contribution < 1.29 is 4.79 Å². The molecule has 4 heteroatoms. The van der Waals surface area contributed by atoms with Crippen LogP contribution in [0, 0.1) is 0 Å². The zero-order valence-corrected chi connectivity index (χ0v) is 11.5. The van der Waals surface area contributed by atoms with E-state index < -0.39 is 0 Å². The second kappa shape index (κ2) is 7.67. The maximum Gasteiger partial charge on any atom is 0.223 e. The highest BCUT2D eigenvalue weighted by Gasteiger charge is 2.20. The van der Waals surface area contributed by atoms with Crippen LogP contribution < -0.4 is 5.32 Å². The molecule has 100 valence electrons. The zero-order valence-electron chi connectivity index (χ0n) is 11.5. The van der Waals surface area contributed by atoms with Gasteiger partial charge in [-0.3, -0.25) is 4.79 Å². The van der Waals surface area contributed by atoms with Gasteiger partial charge in [0, 0.05) is 38.6 Å². The van der Waals surface area contributed by atoms with Crippen molar-refractivity contribution in [2.24, 2.45) is 0 Å². The monoisotopic (exact) mass is 241 g/mol. The largest absolute Gasteiger partial charge is 0.341 e. The Labute approximate surface area is 105 Å². The molecule has 0 aromatic carbocycles. The first-order valence-electron chi connectivity index (χ1n) is 6.79. The molecule has 1 amide bonds. The molecule has 0 heterocycles. The lowest BCUT2D eigenvalue weighted by Gasteiger charge is -2.24. The topological polar surface area (TPSA) is 35.6 Å². The van der Waals surface area contributed by atoms with Crippen LogP contribution in [-0.2, 0) is 4.79 Å². The Hall–Kier alpha value is -0.610. The van der Waals surface area contributed by atoms with Crippen molar-refractivity contribution in [1.29, 1.82) is 0 Å². The number of nitrogens with zero attached hydrogens (tertiary/aromatic N) is 2. The predicted octanol–water partition coefficient (Wildman–Crippen LogP) is 0.929. The van der Waals surface area contributed by atoms with Crippen molar-refractivity contribution in [2.45, 2.75) is 38.6 Å². The molecular weight excluding hydrogens is 214 g/mol. The molecule has 0 spiro atoms. The van der Waals surface area contributed by atoms with Gasteiger partial charge < -0.3 is 15.1 Å². The van der Waals surface area contributed by atoms with Gasteiger partial charge in [-0.25, -0.2) is 0 Å². The number of hydrogen-bond acceptors (Lipinski definition) is 3. The third-order valence-corrected chi connectivity index (χ3v) is 3.01. The van der Waals surface area contributed by atoms with Crippen molar-refractivity contribution in [3.05, 3.63) is 0 Å². The van der Waals surface area contributed by atoms with Gasteiger partial charge in [-0.15, -0.1) is 0 Å². The van der Waals surface area contributed by atoms with E-state index in [1.54, 1.807) is 0 Å². The van der Waals surface area contributed by atoms with Gasteiger partial charge in [0.25, 0.3) is 0 Å². The molecule has 1 fully saturated rings. The number of rotatable bonds is 9. The van der Waals surface area contributed by atoms with Gasteiger partial charge in [0.15, 0.2) is 0 Å². The van der Waals surface area contributed by atoms with Crippen LogP contribution in [0.2, 0.25) is 0 Å². The molecule has 1 rings (SSSR count). The molecule has 0 aromatic rings. The molecule has 1 N–H and O–H groups in total. The molecule has 17 heavy (non-hydrogen) atoms. The standard InChI is InChI=1S/C13H27N3O/c1-4-9-16(11-10-15(2)3)13(17)7-8-14-12-5-6-12/h12,14H,4-11H2,1-3H3. The molecule has 0 aromatic heterocycles. The molecule has 0 radical (unpaired) electrons. The van der Waals surface area contributed by atoms with Crippen LogP contribution >= 0.6 is 0 Å². The zero-order chi connectivity index (χ0) is 12.7. The highest BCUT2D eigenvalue weighted by atomic mass is 16.2. The number of amides is 1. The fraction of sp³-hybridized carbons (Fsp3) is 0.923. The van der Waals surface area contributed by atoms with Gasteiger partial charge in [0.05, 0.1) is 0 Å². The van der Waals surface area contributed by atoms with Crippen LogP contribution in [0.4, 0.5) is 0 Å². The van der Waals surface area contributed by atoms with Gasteiger partial charge in [-0.1, -0.05) is 6.92 Å². The Balaban J connectivity index is 2.19. The minimum absolute atomic E-state index is 0.293. The Morgan fingerprint density at radius 1 is 1.24 bits per heavy atom. The summed E-state index contributed by atoms with van der Waals surface area (Å²) >= 11 is 0. The molecule has 0 bridgehead atoms. The second-order valence-corrected chi connectivity index (χ2v) is 5.16. The number of carbonyl (C=O) groups excluding carboxylic acids is 1. The molecule has 1 aliphatic carbocycles. The Bertz CT molecular complexity index is 227. The van der Waals surface area contributed by atoms with E-state index in [4.69, 9.17) is 0 Å². The van der Waals surface area contributed by atoms with Gasteiger partial charge >= 0.3 is 0 Å². The number of nitrogens with one attached hydrogen (secondary N) is 1. The van der Waals surface area contributed by atoms with E-state index in [0.29, 0.717) is 18.4 Å². The summed E-state index contributed by atoms with van der Waals surface area (Å²) in [5.41, 5.74) is 0. The first-order valence-corrected chi connectivity index (χ1v) is 6.79. The molecule has 1 saturated carbocycles. The molecule has 0 aliphatic heterocycles. The summed E-state index contributed by atoms with van der Waals surface area (Å²) in [6, 6.07) is 0.698. The van der Waals surface area contributed by atoms with E-state index in [2.05, 4.69) is 17.1 Å². The van der Waals surface area contributed by atoms with Crippen molar-refractivity contribution in [1.82, 2.24) is 15.1 Å². The molecule has 0 unspecified atom stereocenters. The molecule has 0 atom stereocenters. The second-order valence-electron chi connectivity index (χ2n) is 5.16. The third kappa shape index (κ3) is 6.64. The Kier molecular flexibility index (Phi) is 6.52. The van der Waals surface area contributed by atoms with Crippen LogP contribution in [-0.4, -0.2) is 62.0 Å².